The summed E-state index contributed by atoms with van der Waals surface area (Å²) >= 11 is 0. The zero-order valence-corrected chi connectivity index (χ0v) is 10.0. The van der Waals surface area contributed by atoms with Crippen molar-refractivity contribution in [1.29, 1.82) is 0 Å². The molecule has 2 aromatic rings. The van der Waals surface area contributed by atoms with Gasteiger partial charge in [-0.15, -0.1) is 0 Å². The molecule has 90 valence electrons. The first kappa shape index (κ1) is 11.7. The lowest BCUT2D eigenvalue weighted by Crippen LogP contribution is -2.32. The maximum Gasteiger partial charge on any atom is 0.180 e. The van der Waals surface area contributed by atoms with Gasteiger partial charge >= 0.3 is 0 Å². The Morgan fingerprint density at radius 2 is 2.00 bits per heavy atom. The first-order valence-corrected chi connectivity index (χ1v) is 5.57. The number of anilines is 1. The Bertz CT molecular complexity index is 513. The summed E-state index contributed by atoms with van der Waals surface area (Å²) in [4.78, 5) is 12.7. The molecule has 0 aliphatic rings. The van der Waals surface area contributed by atoms with Gasteiger partial charge in [-0.25, -0.2) is 9.97 Å². The molecule has 0 aromatic carbocycles. The standard InChI is InChI=1S/C12H16N4O/c1-12(2,5-8-17)16-10-4-3-9-11(15-10)14-7-6-13-9/h3-4,6-7,17H,5,8H2,1-2H3,(H,14,15,16). The third kappa shape index (κ3) is 2.88. The Morgan fingerprint density at radius 3 is 2.76 bits per heavy atom. The molecule has 0 spiro atoms. The van der Waals surface area contributed by atoms with Crippen LogP contribution in [-0.2, 0) is 0 Å². The van der Waals surface area contributed by atoms with Crippen LogP contribution in [0.1, 0.15) is 20.3 Å². The third-order valence-corrected chi connectivity index (χ3v) is 2.53. The maximum atomic E-state index is 8.97. The van der Waals surface area contributed by atoms with Crippen LogP contribution in [-0.4, -0.2) is 32.2 Å². The second-order valence-electron chi connectivity index (χ2n) is 4.58. The van der Waals surface area contributed by atoms with Gasteiger partial charge in [0.1, 0.15) is 11.3 Å². The summed E-state index contributed by atoms with van der Waals surface area (Å²) in [5.41, 5.74) is 1.20. The summed E-state index contributed by atoms with van der Waals surface area (Å²) in [5.74, 6) is 0.747. The fourth-order valence-electron chi connectivity index (χ4n) is 1.61. The van der Waals surface area contributed by atoms with E-state index >= 15 is 0 Å². The Labute approximate surface area is 99.9 Å². The monoisotopic (exact) mass is 232 g/mol. The van der Waals surface area contributed by atoms with Gasteiger partial charge in [-0.05, 0) is 32.4 Å². The van der Waals surface area contributed by atoms with Crippen molar-refractivity contribution in [3.8, 4) is 0 Å². The summed E-state index contributed by atoms with van der Waals surface area (Å²) in [6.07, 6.45) is 3.93. The highest BCUT2D eigenvalue weighted by atomic mass is 16.3. The molecule has 0 atom stereocenters. The number of aromatic nitrogens is 3. The smallest absolute Gasteiger partial charge is 0.180 e. The van der Waals surface area contributed by atoms with E-state index in [-0.39, 0.29) is 12.1 Å². The molecule has 2 heterocycles. The van der Waals surface area contributed by atoms with Gasteiger partial charge in [0.25, 0.3) is 0 Å². The van der Waals surface area contributed by atoms with E-state index in [1.807, 2.05) is 26.0 Å². The Kier molecular flexibility index (Phi) is 3.19. The highest BCUT2D eigenvalue weighted by molar-refractivity contribution is 5.71. The Morgan fingerprint density at radius 1 is 1.24 bits per heavy atom. The summed E-state index contributed by atoms with van der Waals surface area (Å²) in [5, 5.41) is 12.2. The third-order valence-electron chi connectivity index (χ3n) is 2.53. The van der Waals surface area contributed by atoms with Crippen molar-refractivity contribution >= 4 is 17.0 Å². The average Bonchev–Trinajstić information content (AvgIpc) is 2.28. The number of pyridine rings is 1. The van der Waals surface area contributed by atoms with Gasteiger partial charge in [-0.3, -0.25) is 4.98 Å². The topological polar surface area (TPSA) is 70.9 Å². The lowest BCUT2D eigenvalue weighted by Gasteiger charge is -2.25. The van der Waals surface area contributed by atoms with E-state index < -0.39 is 0 Å². The van der Waals surface area contributed by atoms with E-state index in [0.717, 1.165) is 11.3 Å². The van der Waals surface area contributed by atoms with Gasteiger partial charge in [-0.2, -0.15) is 0 Å². The molecular formula is C12H16N4O. The zero-order chi connectivity index (χ0) is 12.3. The van der Waals surface area contributed by atoms with Crippen LogP contribution in [0, 0.1) is 0 Å². The molecule has 0 aliphatic carbocycles. The minimum absolute atomic E-state index is 0.146. The van der Waals surface area contributed by atoms with E-state index in [0.29, 0.717) is 12.1 Å². The molecule has 0 bridgehead atoms. The summed E-state index contributed by atoms with van der Waals surface area (Å²) in [6, 6.07) is 3.75. The molecular weight excluding hydrogens is 216 g/mol. The van der Waals surface area contributed by atoms with Gasteiger partial charge in [0.2, 0.25) is 0 Å². The molecule has 0 amide bonds. The predicted molar refractivity (Wildman–Crippen MR) is 66.7 cm³/mol. The van der Waals surface area contributed by atoms with Crippen molar-refractivity contribution in [1.82, 2.24) is 15.0 Å². The highest BCUT2D eigenvalue weighted by Crippen LogP contribution is 2.17. The Hall–Kier alpha value is -1.75. The fourth-order valence-corrected chi connectivity index (χ4v) is 1.61. The second-order valence-corrected chi connectivity index (χ2v) is 4.58. The molecule has 0 fully saturated rings. The molecule has 5 heteroatoms. The molecule has 0 aliphatic heterocycles. The fraction of sp³-hybridized carbons (Fsp3) is 0.417. The van der Waals surface area contributed by atoms with E-state index in [1.165, 1.54) is 0 Å². The number of aliphatic hydroxyl groups excluding tert-OH is 1. The van der Waals surface area contributed by atoms with Crippen molar-refractivity contribution in [3.05, 3.63) is 24.5 Å². The minimum atomic E-state index is -0.197. The average molecular weight is 232 g/mol. The Balaban J connectivity index is 2.25. The van der Waals surface area contributed by atoms with Crippen molar-refractivity contribution < 1.29 is 5.11 Å². The second kappa shape index (κ2) is 4.63. The number of rotatable bonds is 4. The normalized spacial score (nSPS) is 11.7. The van der Waals surface area contributed by atoms with Crippen LogP contribution in [0.5, 0.6) is 0 Å². The van der Waals surface area contributed by atoms with Crippen molar-refractivity contribution in [2.45, 2.75) is 25.8 Å². The SMILES string of the molecule is CC(C)(CCO)Nc1ccc2nccnc2n1. The number of hydrogen-bond acceptors (Lipinski definition) is 5. The lowest BCUT2D eigenvalue weighted by molar-refractivity contribution is 0.260. The minimum Gasteiger partial charge on any atom is -0.396 e. The molecule has 5 nitrogen and oxygen atoms in total. The highest BCUT2D eigenvalue weighted by Gasteiger charge is 2.17. The largest absolute Gasteiger partial charge is 0.396 e. The van der Waals surface area contributed by atoms with E-state index in [9.17, 15) is 0 Å². The number of nitrogens with zero attached hydrogens (tertiary/aromatic N) is 3. The van der Waals surface area contributed by atoms with E-state index in [2.05, 4.69) is 20.3 Å². The van der Waals surface area contributed by atoms with Crippen LogP contribution in [0.25, 0.3) is 11.2 Å². The zero-order valence-electron chi connectivity index (χ0n) is 10.0. The van der Waals surface area contributed by atoms with Crippen LogP contribution in [0.2, 0.25) is 0 Å². The molecule has 0 saturated carbocycles. The predicted octanol–water partition coefficient (Wildman–Crippen LogP) is 1.60. The molecule has 2 N–H and O–H groups in total. The number of hydrogen-bond donors (Lipinski definition) is 2. The van der Waals surface area contributed by atoms with Gasteiger partial charge < -0.3 is 10.4 Å². The first-order valence-electron chi connectivity index (χ1n) is 5.57. The summed E-state index contributed by atoms with van der Waals surface area (Å²) < 4.78 is 0. The quantitative estimate of drug-likeness (QED) is 0.837. The van der Waals surface area contributed by atoms with Crippen molar-refractivity contribution in [2.75, 3.05) is 11.9 Å². The molecule has 0 saturated heterocycles. The van der Waals surface area contributed by atoms with Gasteiger partial charge in [0.15, 0.2) is 5.65 Å². The first-order chi connectivity index (χ1) is 8.11. The molecule has 2 rings (SSSR count). The van der Waals surface area contributed by atoms with Crippen LogP contribution < -0.4 is 5.32 Å². The molecule has 0 radical (unpaired) electrons. The molecule has 2 aromatic heterocycles. The van der Waals surface area contributed by atoms with Crippen LogP contribution in [0.3, 0.4) is 0 Å². The van der Waals surface area contributed by atoms with Crippen molar-refractivity contribution in [2.24, 2.45) is 0 Å². The van der Waals surface area contributed by atoms with Gasteiger partial charge in [0.05, 0.1) is 0 Å². The van der Waals surface area contributed by atoms with Gasteiger partial charge in [-0.1, -0.05) is 0 Å². The van der Waals surface area contributed by atoms with E-state index in [4.69, 9.17) is 5.11 Å². The summed E-state index contributed by atoms with van der Waals surface area (Å²) in [7, 11) is 0. The van der Waals surface area contributed by atoms with Crippen LogP contribution in [0.4, 0.5) is 5.82 Å². The van der Waals surface area contributed by atoms with Crippen molar-refractivity contribution in [3.63, 3.8) is 0 Å². The number of fused-ring (bicyclic) bond motifs is 1. The van der Waals surface area contributed by atoms with Crippen LogP contribution >= 0.6 is 0 Å². The number of nitrogens with one attached hydrogen (secondary N) is 1. The van der Waals surface area contributed by atoms with E-state index in [1.54, 1.807) is 12.4 Å². The lowest BCUT2D eigenvalue weighted by atomic mass is 10.0. The molecule has 17 heavy (non-hydrogen) atoms. The van der Waals surface area contributed by atoms with Crippen LogP contribution in [0.15, 0.2) is 24.5 Å². The maximum absolute atomic E-state index is 8.97. The summed E-state index contributed by atoms with van der Waals surface area (Å²) in [6.45, 7) is 4.19. The number of aliphatic hydroxyl groups is 1. The molecule has 0 unspecified atom stereocenters. The van der Waals surface area contributed by atoms with Gasteiger partial charge in [0, 0.05) is 24.5 Å².